The fourth-order valence-electron chi connectivity index (χ4n) is 3.22. The Morgan fingerprint density at radius 1 is 1.11 bits per heavy atom. The summed E-state index contributed by atoms with van der Waals surface area (Å²) in [5.41, 5.74) is 3.40. The van der Waals surface area contributed by atoms with Crippen molar-refractivity contribution >= 4 is 5.96 Å². The molecule has 2 heterocycles. The Labute approximate surface area is 167 Å². The first kappa shape index (κ1) is 20.4. The Morgan fingerprint density at radius 2 is 1.86 bits per heavy atom. The molecule has 0 unspecified atom stereocenters. The van der Waals surface area contributed by atoms with Crippen LogP contribution in [-0.4, -0.2) is 60.2 Å². The predicted octanol–water partition coefficient (Wildman–Crippen LogP) is 2.49. The highest BCUT2D eigenvalue weighted by atomic mass is 16.5. The number of nitrogens with one attached hydrogen (secondary N) is 1. The van der Waals surface area contributed by atoms with E-state index in [2.05, 4.69) is 51.5 Å². The molecule has 1 fully saturated rings. The van der Waals surface area contributed by atoms with E-state index in [0.29, 0.717) is 13.2 Å². The number of hydrogen-bond donors (Lipinski definition) is 1. The van der Waals surface area contributed by atoms with Crippen LogP contribution >= 0.6 is 0 Å². The number of aromatic nitrogens is 1. The molecule has 0 atom stereocenters. The first-order valence-electron chi connectivity index (χ1n) is 10.1. The largest absolute Gasteiger partial charge is 0.377 e. The van der Waals surface area contributed by atoms with Crippen LogP contribution in [0.3, 0.4) is 0 Å². The van der Waals surface area contributed by atoms with Gasteiger partial charge in [0.1, 0.15) is 6.26 Å². The van der Waals surface area contributed by atoms with Crippen molar-refractivity contribution < 1.29 is 9.26 Å². The number of aliphatic imine (C=N–C) groups is 1. The maximum atomic E-state index is 5.45. The van der Waals surface area contributed by atoms with Gasteiger partial charge in [0.15, 0.2) is 5.96 Å². The molecule has 0 spiro atoms. The van der Waals surface area contributed by atoms with Gasteiger partial charge in [0.25, 0.3) is 0 Å². The van der Waals surface area contributed by atoms with Gasteiger partial charge in [-0.2, -0.15) is 0 Å². The summed E-state index contributed by atoms with van der Waals surface area (Å²) in [6.45, 7) is 11.8. The van der Waals surface area contributed by atoms with Crippen molar-refractivity contribution in [3.05, 3.63) is 53.4 Å². The van der Waals surface area contributed by atoms with E-state index >= 15 is 0 Å². The van der Waals surface area contributed by atoms with Gasteiger partial charge in [0.05, 0.1) is 18.8 Å². The molecule has 0 radical (unpaired) electrons. The molecule has 3 rings (SSSR count). The minimum atomic E-state index is 0.668. The Morgan fingerprint density at radius 3 is 2.50 bits per heavy atom. The van der Waals surface area contributed by atoms with Gasteiger partial charge < -0.3 is 19.5 Å². The molecule has 28 heavy (non-hydrogen) atoms. The van der Waals surface area contributed by atoms with Crippen molar-refractivity contribution in [2.75, 3.05) is 39.3 Å². The van der Waals surface area contributed by atoms with E-state index < -0.39 is 0 Å². The number of benzene rings is 1. The topological polar surface area (TPSA) is 66.1 Å². The first-order valence-corrected chi connectivity index (χ1v) is 10.1. The van der Waals surface area contributed by atoms with Crippen LogP contribution in [0, 0.1) is 0 Å². The van der Waals surface area contributed by atoms with E-state index in [4.69, 9.17) is 14.3 Å². The summed E-state index contributed by atoms with van der Waals surface area (Å²) < 4.78 is 10.4. The van der Waals surface area contributed by atoms with Crippen molar-refractivity contribution in [1.29, 1.82) is 0 Å². The van der Waals surface area contributed by atoms with Crippen molar-refractivity contribution in [1.82, 2.24) is 20.3 Å². The van der Waals surface area contributed by atoms with Crippen molar-refractivity contribution in [2.24, 2.45) is 4.99 Å². The van der Waals surface area contributed by atoms with E-state index in [1.807, 2.05) is 13.0 Å². The Kier molecular flexibility index (Phi) is 7.87. The predicted molar refractivity (Wildman–Crippen MR) is 110 cm³/mol. The van der Waals surface area contributed by atoms with E-state index in [9.17, 15) is 0 Å². The second-order valence-electron chi connectivity index (χ2n) is 6.88. The minimum absolute atomic E-state index is 0.668. The average Bonchev–Trinajstić information content (AvgIpc) is 3.24. The molecule has 1 aromatic heterocycles. The Hall–Kier alpha value is -2.38. The summed E-state index contributed by atoms with van der Waals surface area (Å²) in [7, 11) is 0. The van der Waals surface area contributed by atoms with Gasteiger partial charge >= 0.3 is 0 Å². The molecule has 1 N–H and O–H groups in total. The number of guanidine groups is 1. The number of piperazine rings is 1. The van der Waals surface area contributed by atoms with Gasteiger partial charge in [-0.05, 0) is 25.0 Å². The molecule has 152 valence electrons. The van der Waals surface area contributed by atoms with Gasteiger partial charge in [-0.1, -0.05) is 29.4 Å². The van der Waals surface area contributed by atoms with Crippen molar-refractivity contribution in [3.8, 4) is 0 Å². The van der Waals surface area contributed by atoms with Gasteiger partial charge in [-0.15, -0.1) is 0 Å². The number of ether oxygens (including phenoxy) is 1. The molecule has 0 saturated carbocycles. The summed E-state index contributed by atoms with van der Waals surface area (Å²) in [5.74, 6) is 0.988. The van der Waals surface area contributed by atoms with E-state index in [-0.39, 0.29) is 0 Å². The third-order valence-electron chi connectivity index (χ3n) is 4.79. The summed E-state index contributed by atoms with van der Waals surface area (Å²) in [6.07, 6.45) is 1.63. The second kappa shape index (κ2) is 10.8. The number of nitrogens with zero attached hydrogens (tertiary/aromatic N) is 4. The van der Waals surface area contributed by atoms with Crippen LogP contribution in [0.5, 0.6) is 0 Å². The molecule has 7 heteroatoms. The lowest BCUT2D eigenvalue weighted by Crippen LogP contribution is -2.52. The zero-order chi connectivity index (χ0) is 19.6. The SMILES string of the molecule is CCNC(=NCc1ccc(COCC)cc1)N1CCN(Cc2ccon2)CC1. The second-order valence-corrected chi connectivity index (χ2v) is 6.88. The fraction of sp³-hybridized carbons (Fsp3) is 0.524. The third-order valence-corrected chi connectivity index (χ3v) is 4.79. The zero-order valence-corrected chi connectivity index (χ0v) is 16.9. The van der Waals surface area contributed by atoms with E-state index in [1.165, 1.54) is 11.1 Å². The van der Waals surface area contributed by atoms with E-state index in [0.717, 1.165) is 57.5 Å². The standard InChI is InChI=1S/C21H31N5O2/c1-3-22-21(23-15-18-5-7-19(8-6-18)17-27-4-2)26-12-10-25(11-13-26)16-20-9-14-28-24-20/h5-9,14H,3-4,10-13,15-17H2,1-2H3,(H,22,23). The van der Waals surface area contributed by atoms with Crippen LogP contribution in [0.4, 0.5) is 0 Å². The number of rotatable bonds is 8. The molecule has 1 aliphatic heterocycles. The monoisotopic (exact) mass is 385 g/mol. The first-order chi connectivity index (χ1) is 13.8. The summed E-state index contributed by atoms with van der Waals surface area (Å²) in [4.78, 5) is 9.59. The number of hydrogen-bond acceptors (Lipinski definition) is 5. The smallest absolute Gasteiger partial charge is 0.194 e. The normalized spacial score (nSPS) is 15.8. The molecule has 0 bridgehead atoms. The van der Waals surface area contributed by atoms with Crippen LogP contribution in [0.1, 0.15) is 30.7 Å². The molecular weight excluding hydrogens is 354 g/mol. The van der Waals surface area contributed by atoms with Crippen LogP contribution in [-0.2, 0) is 24.4 Å². The quantitative estimate of drug-likeness (QED) is 0.556. The average molecular weight is 386 g/mol. The highest BCUT2D eigenvalue weighted by Crippen LogP contribution is 2.10. The zero-order valence-electron chi connectivity index (χ0n) is 16.9. The highest BCUT2D eigenvalue weighted by molar-refractivity contribution is 5.80. The van der Waals surface area contributed by atoms with Crippen LogP contribution in [0.2, 0.25) is 0 Å². The summed E-state index contributed by atoms with van der Waals surface area (Å²) >= 11 is 0. The van der Waals surface area contributed by atoms with Gasteiger partial charge in [0, 0.05) is 51.9 Å². The van der Waals surface area contributed by atoms with Gasteiger partial charge in [-0.25, -0.2) is 4.99 Å². The van der Waals surface area contributed by atoms with Crippen molar-refractivity contribution in [2.45, 2.75) is 33.5 Å². The molecule has 1 aromatic carbocycles. The Bertz CT molecular complexity index is 707. The van der Waals surface area contributed by atoms with Gasteiger partial charge in [-0.3, -0.25) is 4.90 Å². The highest BCUT2D eigenvalue weighted by Gasteiger charge is 2.20. The lowest BCUT2D eigenvalue weighted by molar-refractivity contribution is 0.134. The maximum Gasteiger partial charge on any atom is 0.194 e. The molecular formula is C21H31N5O2. The molecule has 0 aliphatic carbocycles. The van der Waals surface area contributed by atoms with Crippen LogP contribution < -0.4 is 5.32 Å². The fourth-order valence-corrected chi connectivity index (χ4v) is 3.22. The van der Waals surface area contributed by atoms with Crippen molar-refractivity contribution in [3.63, 3.8) is 0 Å². The summed E-state index contributed by atoms with van der Waals surface area (Å²) in [5, 5.41) is 7.44. The van der Waals surface area contributed by atoms with Gasteiger partial charge in [0.2, 0.25) is 0 Å². The molecule has 0 amide bonds. The minimum Gasteiger partial charge on any atom is -0.377 e. The Balaban J connectivity index is 1.52. The van der Waals surface area contributed by atoms with Crippen LogP contribution in [0.25, 0.3) is 0 Å². The maximum absolute atomic E-state index is 5.45. The lowest BCUT2D eigenvalue weighted by atomic mass is 10.1. The molecule has 1 aliphatic rings. The van der Waals surface area contributed by atoms with E-state index in [1.54, 1.807) is 6.26 Å². The molecule has 2 aromatic rings. The molecule has 7 nitrogen and oxygen atoms in total. The third kappa shape index (κ3) is 6.07. The van der Waals surface area contributed by atoms with Crippen LogP contribution in [0.15, 0.2) is 46.1 Å². The summed E-state index contributed by atoms with van der Waals surface area (Å²) in [6, 6.07) is 10.4. The lowest BCUT2D eigenvalue weighted by Gasteiger charge is -2.36. The molecule has 1 saturated heterocycles.